The molecule has 3 N–H and O–H groups in total. The van der Waals surface area contributed by atoms with Crippen LogP contribution in [0, 0.1) is 0 Å². The molecule has 0 aliphatic heterocycles. The molecule has 1 heterocycles. The molecule has 3 aromatic rings. The summed E-state index contributed by atoms with van der Waals surface area (Å²) in [6.07, 6.45) is -0.643. The highest BCUT2D eigenvalue weighted by atomic mass is 16.5. The van der Waals surface area contributed by atoms with Gasteiger partial charge in [-0.05, 0) is 22.3 Å². The fourth-order valence-corrected chi connectivity index (χ4v) is 3.89. The maximum absolute atomic E-state index is 12.3. The number of carbonyl (C=O) groups is 3. The van der Waals surface area contributed by atoms with Gasteiger partial charge in [-0.25, -0.2) is 9.59 Å². The van der Waals surface area contributed by atoms with E-state index in [2.05, 4.69) is 27.9 Å². The van der Waals surface area contributed by atoms with Gasteiger partial charge in [-0.2, -0.15) is 0 Å². The van der Waals surface area contributed by atoms with Crippen molar-refractivity contribution in [3.8, 4) is 11.1 Å². The molecular formula is C24H23N3O7. The first-order valence-electron chi connectivity index (χ1n) is 10.5. The number of carboxylic acid groups (broad SMARTS) is 1. The number of alkyl carbamates (subject to hydrolysis) is 1. The minimum absolute atomic E-state index is 0.0582. The summed E-state index contributed by atoms with van der Waals surface area (Å²) in [5.74, 6) is -1.83. The average Bonchev–Trinajstić information content (AvgIpc) is 3.44. The zero-order chi connectivity index (χ0) is 24.1. The molecule has 2 aromatic carbocycles. The largest absolute Gasteiger partial charge is 0.480 e. The lowest BCUT2D eigenvalue weighted by molar-refractivity contribution is -0.140. The molecule has 0 saturated heterocycles. The smallest absolute Gasteiger partial charge is 0.407 e. The molecule has 34 heavy (non-hydrogen) atoms. The van der Waals surface area contributed by atoms with Gasteiger partial charge in [-0.15, -0.1) is 0 Å². The Morgan fingerprint density at radius 3 is 2.35 bits per heavy atom. The first kappa shape index (κ1) is 23.0. The SMILES string of the molecule is COC[C@H](NC(=O)c1cc(CNC(=O)OCC2c3ccccc3-c3ccccc32)on1)C(=O)O. The molecule has 1 aliphatic rings. The maximum atomic E-state index is 12.3. The van der Waals surface area contributed by atoms with Crippen molar-refractivity contribution in [2.24, 2.45) is 0 Å². The Labute approximate surface area is 194 Å². The van der Waals surface area contributed by atoms with Crippen molar-refractivity contribution in [3.63, 3.8) is 0 Å². The van der Waals surface area contributed by atoms with Gasteiger partial charge in [0.2, 0.25) is 0 Å². The van der Waals surface area contributed by atoms with Crippen LogP contribution in [0.1, 0.15) is 33.3 Å². The standard InChI is InChI=1S/C24H23N3O7/c1-32-13-21(23(29)30)26-22(28)20-10-14(34-27-20)11-25-24(31)33-12-19-17-8-4-2-6-15(17)16-7-3-5-9-18(16)19/h2-10,19,21H,11-13H2,1H3,(H,25,31)(H,26,28)(H,29,30)/t21-/m0/s1. The number of methoxy groups -OCH3 is 1. The monoisotopic (exact) mass is 465 g/mol. The van der Waals surface area contributed by atoms with Crippen LogP contribution in [0.2, 0.25) is 0 Å². The number of rotatable bonds is 9. The summed E-state index contributed by atoms with van der Waals surface area (Å²) in [4.78, 5) is 35.6. The van der Waals surface area contributed by atoms with Crippen LogP contribution in [0.5, 0.6) is 0 Å². The predicted molar refractivity (Wildman–Crippen MR) is 119 cm³/mol. The molecule has 0 fully saturated rings. The lowest BCUT2D eigenvalue weighted by Crippen LogP contribution is -2.43. The van der Waals surface area contributed by atoms with Crippen LogP contribution in [0.4, 0.5) is 4.79 Å². The Balaban J connectivity index is 1.30. The van der Waals surface area contributed by atoms with Gasteiger partial charge in [0.05, 0.1) is 13.2 Å². The fourth-order valence-electron chi connectivity index (χ4n) is 3.89. The molecule has 1 aliphatic carbocycles. The molecule has 4 rings (SSSR count). The number of carboxylic acids is 1. The van der Waals surface area contributed by atoms with Crippen molar-refractivity contribution >= 4 is 18.0 Å². The van der Waals surface area contributed by atoms with Gasteiger partial charge in [-0.3, -0.25) is 4.79 Å². The van der Waals surface area contributed by atoms with Crippen molar-refractivity contribution < 1.29 is 33.5 Å². The Morgan fingerprint density at radius 2 is 1.74 bits per heavy atom. The molecule has 1 atom stereocenters. The van der Waals surface area contributed by atoms with E-state index in [9.17, 15) is 14.4 Å². The molecular weight excluding hydrogens is 442 g/mol. The lowest BCUT2D eigenvalue weighted by Gasteiger charge is -2.14. The Bertz CT molecular complexity index is 1160. The summed E-state index contributed by atoms with van der Waals surface area (Å²) in [7, 11) is 1.32. The number of ether oxygens (including phenoxy) is 2. The van der Waals surface area contributed by atoms with E-state index in [4.69, 9.17) is 19.1 Å². The minimum atomic E-state index is -1.24. The van der Waals surface area contributed by atoms with Crippen LogP contribution in [-0.2, 0) is 20.8 Å². The van der Waals surface area contributed by atoms with E-state index in [1.165, 1.54) is 13.2 Å². The number of benzene rings is 2. The van der Waals surface area contributed by atoms with Gasteiger partial charge in [0.25, 0.3) is 5.91 Å². The molecule has 0 unspecified atom stereocenters. The Hall–Kier alpha value is -4.18. The highest BCUT2D eigenvalue weighted by molar-refractivity contribution is 5.95. The third-order valence-corrected chi connectivity index (χ3v) is 5.48. The quantitative estimate of drug-likeness (QED) is 0.438. The van der Waals surface area contributed by atoms with Crippen LogP contribution in [0.25, 0.3) is 11.1 Å². The first-order chi connectivity index (χ1) is 16.5. The van der Waals surface area contributed by atoms with Crippen molar-refractivity contribution in [1.29, 1.82) is 0 Å². The summed E-state index contributed by atoms with van der Waals surface area (Å²) >= 11 is 0. The summed E-state index contributed by atoms with van der Waals surface area (Å²) in [6.45, 7) is -0.0908. The third-order valence-electron chi connectivity index (χ3n) is 5.48. The van der Waals surface area contributed by atoms with Gasteiger partial charge < -0.3 is 29.7 Å². The highest BCUT2D eigenvalue weighted by Gasteiger charge is 2.29. The number of carbonyl (C=O) groups excluding carboxylic acids is 2. The zero-order valence-corrected chi connectivity index (χ0v) is 18.3. The van der Waals surface area contributed by atoms with Gasteiger partial charge in [0.1, 0.15) is 6.61 Å². The topological polar surface area (TPSA) is 140 Å². The van der Waals surface area contributed by atoms with Crippen molar-refractivity contribution in [1.82, 2.24) is 15.8 Å². The number of aromatic nitrogens is 1. The van der Waals surface area contributed by atoms with Crippen LogP contribution >= 0.6 is 0 Å². The van der Waals surface area contributed by atoms with Crippen LogP contribution in [0.3, 0.4) is 0 Å². The molecule has 176 valence electrons. The van der Waals surface area contributed by atoms with E-state index < -0.39 is 24.0 Å². The van der Waals surface area contributed by atoms with Gasteiger partial charge in [0.15, 0.2) is 17.5 Å². The molecule has 0 bridgehead atoms. The predicted octanol–water partition coefficient (Wildman–Crippen LogP) is 2.54. The molecule has 10 nitrogen and oxygen atoms in total. The van der Waals surface area contributed by atoms with Gasteiger partial charge in [-0.1, -0.05) is 53.7 Å². The van der Waals surface area contributed by atoms with E-state index in [1.807, 2.05) is 36.4 Å². The number of hydrogen-bond donors (Lipinski definition) is 3. The van der Waals surface area contributed by atoms with E-state index in [1.54, 1.807) is 0 Å². The van der Waals surface area contributed by atoms with E-state index in [0.717, 1.165) is 22.3 Å². The summed E-state index contributed by atoms with van der Waals surface area (Å²) in [6, 6.07) is 16.1. The van der Waals surface area contributed by atoms with Gasteiger partial charge >= 0.3 is 12.1 Å². The molecule has 2 amide bonds. The first-order valence-corrected chi connectivity index (χ1v) is 10.5. The second-order valence-electron chi connectivity index (χ2n) is 7.68. The molecule has 10 heteroatoms. The van der Waals surface area contributed by atoms with Gasteiger partial charge in [0, 0.05) is 19.1 Å². The van der Waals surface area contributed by atoms with Crippen LogP contribution in [0.15, 0.2) is 59.1 Å². The highest BCUT2D eigenvalue weighted by Crippen LogP contribution is 2.44. The normalized spacial score (nSPS) is 13.0. The number of aliphatic carboxylic acids is 1. The lowest BCUT2D eigenvalue weighted by atomic mass is 9.98. The second-order valence-corrected chi connectivity index (χ2v) is 7.68. The number of hydrogen-bond acceptors (Lipinski definition) is 7. The number of nitrogens with one attached hydrogen (secondary N) is 2. The molecule has 0 saturated carbocycles. The number of amides is 2. The number of nitrogens with zero attached hydrogens (tertiary/aromatic N) is 1. The van der Waals surface area contributed by atoms with Crippen molar-refractivity contribution in [2.45, 2.75) is 18.5 Å². The van der Waals surface area contributed by atoms with Crippen molar-refractivity contribution in [2.75, 3.05) is 20.3 Å². The summed E-state index contributed by atoms with van der Waals surface area (Å²) in [5, 5.41) is 17.5. The van der Waals surface area contributed by atoms with Crippen LogP contribution < -0.4 is 10.6 Å². The molecule has 1 aromatic heterocycles. The zero-order valence-electron chi connectivity index (χ0n) is 18.3. The minimum Gasteiger partial charge on any atom is -0.480 e. The molecule has 0 spiro atoms. The summed E-state index contributed by atoms with van der Waals surface area (Å²) < 4.78 is 15.3. The number of fused-ring (bicyclic) bond motifs is 3. The van der Waals surface area contributed by atoms with Crippen LogP contribution in [-0.4, -0.2) is 54.6 Å². The maximum Gasteiger partial charge on any atom is 0.407 e. The third kappa shape index (κ3) is 4.91. The van der Waals surface area contributed by atoms with Crippen molar-refractivity contribution in [3.05, 3.63) is 77.2 Å². The average molecular weight is 465 g/mol. The van der Waals surface area contributed by atoms with E-state index >= 15 is 0 Å². The van der Waals surface area contributed by atoms with E-state index in [-0.39, 0.29) is 37.1 Å². The Kier molecular flexibility index (Phi) is 6.88. The fraction of sp³-hybridized carbons (Fsp3) is 0.250. The second kappa shape index (κ2) is 10.2. The summed E-state index contributed by atoms with van der Waals surface area (Å²) in [5.41, 5.74) is 4.36. The molecule has 0 radical (unpaired) electrons. The Morgan fingerprint density at radius 1 is 1.09 bits per heavy atom. The van der Waals surface area contributed by atoms with E-state index in [0.29, 0.717) is 0 Å².